The van der Waals surface area contributed by atoms with Crippen LogP contribution < -0.4 is 5.73 Å². The van der Waals surface area contributed by atoms with Crippen molar-refractivity contribution in [2.24, 2.45) is 5.73 Å². The zero-order valence-electron chi connectivity index (χ0n) is 7.16. The fourth-order valence-corrected chi connectivity index (χ4v) is 1.60. The molecule has 1 heterocycles. The molecule has 0 aromatic rings. The number of aliphatic hydroxyl groups is 1. The van der Waals surface area contributed by atoms with Gasteiger partial charge in [-0.15, -0.1) is 0 Å². The van der Waals surface area contributed by atoms with Gasteiger partial charge in [-0.25, -0.2) is 0 Å². The fourth-order valence-electron chi connectivity index (χ4n) is 1.60. The van der Waals surface area contributed by atoms with E-state index in [-0.39, 0.29) is 12.1 Å². The standard InChI is InChI=1S/C8H18N2O/c1-7(9)5-10-4-2-3-8(11)6-10/h7-8,11H,2-6,9H2,1H3/t7-,8+/m0/s1. The zero-order valence-corrected chi connectivity index (χ0v) is 7.16. The molecular formula is C8H18N2O. The molecule has 0 unspecified atom stereocenters. The van der Waals surface area contributed by atoms with Crippen molar-refractivity contribution < 1.29 is 5.11 Å². The third kappa shape index (κ3) is 3.18. The molecule has 11 heavy (non-hydrogen) atoms. The number of hydrogen-bond acceptors (Lipinski definition) is 3. The Hall–Kier alpha value is -0.120. The zero-order chi connectivity index (χ0) is 8.27. The van der Waals surface area contributed by atoms with E-state index in [0.29, 0.717) is 0 Å². The van der Waals surface area contributed by atoms with Crippen molar-refractivity contribution in [3.8, 4) is 0 Å². The predicted octanol–water partition coefficient (Wildman–Crippen LogP) is -0.210. The second-order valence-electron chi connectivity index (χ2n) is 3.53. The van der Waals surface area contributed by atoms with Gasteiger partial charge in [0.15, 0.2) is 0 Å². The van der Waals surface area contributed by atoms with Crippen LogP contribution >= 0.6 is 0 Å². The Morgan fingerprint density at radius 3 is 3.00 bits per heavy atom. The number of nitrogens with two attached hydrogens (primary N) is 1. The van der Waals surface area contributed by atoms with Crippen LogP contribution in [0.2, 0.25) is 0 Å². The predicted molar refractivity (Wildman–Crippen MR) is 45.3 cm³/mol. The molecule has 0 radical (unpaired) electrons. The lowest BCUT2D eigenvalue weighted by Crippen LogP contribution is -2.43. The molecule has 0 amide bonds. The van der Waals surface area contributed by atoms with Gasteiger partial charge >= 0.3 is 0 Å². The highest BCUT2D eigenvalue weighted by molar-refractivity contribution is 4.73. The van der Waals surface area contributed by atoms with E-state index in [1.165, 1.54) is 0 Å². The van der Waals surface area contributed by atoms with Crippen LogP contribution in [0.25, 0.3) is 0 Å². The minimum Gasteiger partial charge on any atom is -0.392 e. The van der Waals surface area contributed by atoms with Crippen LogP contribution in [0.15, 0.2) is 0 Å². The van der Waals surface area contributed by atoms with E-state index in [1.807, 2.05) is 6.92 Å². The molecule has 1 rings (SSSR count). The van der Waals surface area contributed by atoms with Crippen LogP contribution in [0.5, 0.6) is 0 Å². The Kier molecular flexibility index (Phi) is 3.30. The summed E-state index contributed by atoms with van der Waals surface area (Å²) < 4.78 is 0. The molecule has 0 aromatic heterocycles. The van der Waals surface area contributed by atoms with E-state index in [2.05, 4.69) is 4.90 Å². The summed E-state index contributed by atoms with van der Waals surface area (Å²) in [6.07, 6.45) is 1.94. The van der Waals surface area contributed by atoms with E-state index in [0.717, 1.165) is 32.5 Å². The van der Waals surface area contributed by atoms with Gasteiger partial charge in [0.25, 0.3) is 0 Å². The number of nitrogens with zero attached hydrogens (tertiary/aromatic N) is 1. The average molecular weight is 158 g/mol. The normalized spacial score (nSPS) is 30.3. The second-order valence-corrected chi connectivity index (χ2v) is 3.53. The van der Waals surface area contributed by atoms with Gasteiger partial charge in [0.05, 0.1) is 6.10 Å². The van der Waals surface area contributed by atoms with Crippen molar-refractivity contribution in [3.63, 3.8) is 0 Å². The molecule has 3 nitrogen and oxygen atoms in total. The molecule has 0 bridgehead atoms. The first-order valence-corrected chi connectivity index (χ1v) is 4.34. The van der Waals surface area contributed by atoms with Crippen LogP contribution in [0, 0.1) is 0 Å². The molecular weight excluding hydrogens is 140 g/mol. The molecule has 66 valence electrons. The number of piperidine rings is 1. The first-order valence-electron chi connectivity index (χ1n) is 4.34. The van der Waals surface area contributed by atoms with Gasteiger partial charge in [0.1, 0.15) is 0 Å². The summed E-state index contributed by atoms with van der Waals surface area (Å²) in [5.74, 6) is 0. The minimum absolute atomic E-state index is 0.123. The average Bonchev–Trinajstić information content (AvgIpc) is 1.85. The lowest BCUT2D eigenvalue weighted by molar-refractivity contribution is 0.0685. The first-order chi connectivity index (χ1) is 5.18. The second kappa shape index (κ2) is 4.04. The molecule has 1 aliphatic rings. The van der Waals surface area contributed by atoms with Crippen LogP contribution in [0.1, 0.15) is 19.8 Å². The fraction of sp³-hybridized carbons (Fsp3) is 1.00. The van der Waals surface area contributed by atoms with Gasteiger partial charge in [-0.3, -0.25) is 4.90 Å². The quantitative estimate of drug-likeness (QED) is 0.584. The third-order valence-electron chi connectivity index (χ3n) is 2.03. The highest BCUT2D eigenvalue weighted by Crippen LogP contribution is 2.09. The Labute approximate surface area is 68.2 Å². The van der Waals surface area contributed by atoms with E-state index >= 15 is 0 Å². The van der Waals surface area contributed by atoms with Crippen molar-refractivity contribution in [2.75, 3.05) is 19.6 Å². The maximum absolute atomic E-state index is 9.31. The van der Waals surface area contributed by atoms with E-state index in [9.17, 15) is 5.11 Å². The largest absolute Gasteiger partial charge is 0.392 e. The monoisotopic (exact) mass is 158 g/mol. The molecule has 1 saturated heterocycles. The van der Waals surface area contributed by atoms with Crippen LogP contribution in [0.3, 0.4) is 0 Å². The topological polar surface area (TPSA) is 49.5 Å². The number of hydrogen-bond donors (Lipinski definition) is 2. The summed E-state index contributed by atoms with van der Waals surface area (Å²) in [5.41, 5.74) is 5.65. The Morgan fingerprint density at radius 1 is 1.73 bits per heavy atom. The summed E-state index contributed by atoms with van der Waals surface area (Å²) in [6.45, 7) is 4.82. The summed E-state index contributed by atoms with van der Waals surface area (Å²) in [4.78, 5) is 2.23. The molecule has 1 fully saturated rings. The van der Waals surface area contributed by atoms with Crippen molar-refractivity contribution in [3.05, 3.63) is 0 Å². The first kappa shape index (κ1) is 8.97. The summed E-state index contributed by atoms with van der Waals surface area (Å²) >= 11 is 0. The minimum atomic E-state index is -0.123. The van der Waals surface area contributed by atoms with Crippen LogP contribution in [-0.2, 0) is 0 Å². The third-order valence-corrected chi connectivity index (χ3v) is 2.03. The highest BCUT2D eigenvalue weighted by atomic mass is 16.3. The Morgan fingerprint density at radius 2 is 2.45 bits per heavy atom. The van der Waals surface area contributed by atoms with Crippen molar-refractivity contribution >= 4 is 0 Å². The Bertz CT molecular complexity index is 115. The van der Waals surface area contributed by atoms with Crippen molar-refractivity contribution in [1.29, 1.82) is 0 Å². The molecule has 0 aromatic carbocycles. The van der Waals surface area contributed by atoms with Gasteiger partial charge in [-0.1, -0.05) is 0 Å². The molecule has 3 heteroatoms. The summed E-state index contributed by atoms with van der Waals surface area (Å²) in [5, 5.41) is 9.31. The van der Waals surface area contributed by atoms with Gasteiger partial charge in [0, 0.05) is 19.1 Å². The van der Waals surface area contributed by atoms with Crippen molar-refractivity contribution in [2.45, 2.75) is 31.9 Å². The van der Waals surface area contributed by atoms with E-state index in [1.54, 1.807) is 0 Å². The van der Waals surface area contributed by atoms with E-state index < -0.39 is 0 Å². The van der Waals surface area contributed by atoms with E-state index in [4.69, 9.17) is 5.73 Å². The maximum atomic E-state index is 9.31. The number of β-amino-alcohol motifs (C(OH)–C–C–N with tert-alkyl or cyclic N) is 1. The van der Waals surface area contributed by atoms with Crippen molar-refractivity contribution in [1.82, 2.24) is 4.90 Å². The van der Waals surface area contributed by atoms with Gasteiger partial charge in [-0.05, 0) is 26.3 Å². The van der Waals surface area contributed by atoms with Gasteiger partial charge in [0.2, 0.25) is 0 Å². The molecule has 2 atom stereocenters. The summed E-state index contributed by atoms with van der Waals surface area (Å²) in [7, 11) is 0. The van der Waals surface area contributed by atoms with Crippen LogP contribution in [0.4, 0.5) is 0 Å². The smallest absolute Gasteiger partial charge is 0.0667 e. The SMILES string of the molecule is C[C@H](N)CN1CCC[C@@H](O)C1. The Balaban J connectivity index is 2.23. The lowest BCUT2D eigenvalue weighted by atomic mass is 10.1. The molecule has 0 spiro atoms. The summed E-state index contributed by atoms with van der Waals surface area (Å²) in [6, 6.07) is 0.222. The lowest BCUT2D eigenvalue weighted by Gasteiger charge is -2.30. The number of likely N-dealkylation sites (tertiary alicyclic amines) is 1. The van der Waals surface area contributed by atoms with Crippen LogP contribution in [-0.4, -0.2) is 41.8 Å². The van der Waals surface area contributed by atoms with Gasteiger partial charge in [-0.2, -0.15) is 0 Å². The molecule has 3 N–H and O–H groups in total. The number of aliphatic hydroxyl groups excluding tert-OH is 1. The van der Waals surface area contributed by atoms with Gasteiger partial charge < -0.3 is 10.8 Å². The molecule has 0 aliphatic carbocycles. The maximum Gasteiger partial charge on any atom is 0.0667 e. The molecule has 0 saturated carbocycles. The number of rotatable bonds is 2. The molecule has 1 aliphatic heterocycles. The highest BCUT2D eigenvalue weighted by Gasteiger charge is 2.17.